The van der Waals surface area contributed by atoms with Crippen molar-refractivity contribution in [3.8, 4) is 11.5 Å². The van der Waals surface area contributed by atoms with Gasteiger partial charge in [-0.05, 0) is 17.7 Å². The molecule has 0 atom stereocenters. The summed E-state index contributed by atoms with van der Waals surface area (Å²) in [6.07, 6.45) is 2.57. The molecule has 0 saturated heterocycles. The number of para-hydroxylation sites is 1. The van der Waals surface area contributed by atoms with Crippen LogP contribution in [0.25, 0.3) is 0 Å². The van der Waals surface area contributed by atoms with Crippen LogP contribution in [0.5, 0.6) is 11.5 Å². The molecule has 2 aromatic carbocycles. The molecule has 0 aliphatic heterocycles. The third-order valence-corrected chi connectivity index (χ3v) is 3.04. The highest BCUT2D eigenvalue weighted by molar-refractivity contribution is 5.84. The van der Waals surface area contributed by atoms with Crippen molar-refractivity contribution in [1.82, 2.24) is 5.43 Å². The van der Waals surface area contributed by atoms with Gasteiger partial charge in [0.25, 0.3) is 0 Å². The number of ether oxygens (including phenoxy) is 2. The smallest absolute Gasteiger partial charge is 0.169 e. The van der Waals surface area contributed by atoms with Gasteiger partial charge in [-0.15, -0.1) is 0 Å². The van der Waals surface area contributed by atoms with Gasteiger partial charge in [0, 0.05) is 19.0 Å². The molecule has 1 N–H and O–H groups in total. The van der Waals surface area contributed by atoms with Crippen molar-refractivity contribution in [3.05, 3.63) is 59.7 Å². The van der Waals surface area contributed by atoms with Gasteiger partial charge in [-0.1, -0.05) is 36.4 Å². The summed E-state index contributed by atoms with van der Waals surface area (Å²) in [4.78, 5) is 0. The van der Waals surface area contributed by atoms with Crippen LogP contribution in [0, 0.1) is 0 Å². The second-order valence-corrected chi connectivity index (χ2v) is 4.44. The van der Waals surface area contributed by atoms with Gasteiger partial charge >= 0.3 is 0 Å². The maximum atomic E-state index is 5.92. The van der Waals surface area contributed by atoms with Gasteiger partial charge in [-0.25, -0.2) is 0 Å². The Balaban J connectivity index is 2.08. The summed E-state index contributed by atoms with van der Waals surface area (Å²) in [5.41, 5.74) is 4.87. The average molecular weight is 284 g/mol. The fraction of sp³-hybridized carbons (Fsp3) is 0.235. The van der Waals surface area contributed by atoms with E-state index in [-0.39, 0.29) is 0 Å². The van der Waals surface area contributed by atoms with Crippen LogP contribution in [-0.2, 0) is 6.42 Å². The minimum absolute atomic E-state index is 0.588. The van der Waals surface area contributed by atoms with Crippen molar-refractivity contribution in [2.75, 3.05) is 20.8 Å². The summed E-state index contributed by atoms with van der Waals surface area (Å²) >= 11 is 0. The molecule has 4 nitrogen and oxygen atoms in total. The summed E-state index contributed by atoms with van der Waals surface area (Å²) in [5.74, 6) is 1.43. The van der Waals surface area contributed by atoms with Crippen molar-refractivity contribution in [2.24, 2.45) is 5.10 Å². The number of hydrogen-bond acceptors (Lipinski definition) is 4. The van der Waals surface area contributed by atoms with Crippen molar-refractivity contribution < 1.29 is 9.47 Å². The lowest BCUT2D eigenvalue weighted by molar-refractivity contribution is 0.297. The molecule has 0 fully saturated rings. The average Bonchev–Trinajstić information content (AvgIpc) is 2.54. The van der Waals surface area contributed by atoms with Crippen LogP contribution in [0.4, 0.5) is 0 Å². The second kappa shape index (κ2) is 7.94. The number of hydrazone groups is 1. The Bertz CT molecular complexity index is 583. The number of methoxy groups -OCH3 is 1. The number of benzene rings is 2. The molecule has 2 aromatic rings. The highest BCUT2D eigenvalue weighted by Gasteiger charge is 2.09. The molecule has 21 heavy (non-hydrogen) atoms. The summed E-state index contributed by atoms with van der Waals surface area (Å²) in [6, 6.07) is 16.0. The quantitative estimate of drug-likeness (QED) is 0.628. The Labute approximate surface area is 125 Å². The van der Waals surface area contributed by atoms with E-state index in [2.05, 4.69) is 22.7 Å². The van der Waals surface area contributed by atoms with Crippen LogP contribution in [-0.4, -0.2) is 27.0 Å². The molecule has 0 aliphatic rings. The van der Waals surface area contributed by atoms with E-state index in [1.54, 1.807) is 20.4 Å². The molecule has 0 unspecified atom stereocenters. The van der Waals surface area contributed by atoms with Crippen LogP contribution >= 0.6 is 0 Å². The number of nitrogens with one attached hydrogen (secondary N) is 1. The second-order valence-electron chi connectivity index (χ2n) is 4.44. The normalized spacial score (nSPS) is 10.6. The lowest BCUT2D eigenvalue weighted by Crippen LogP contribution is -2.05. The minimum Gasteiger partial charge on any atom is -0.493 e. The standard InChI is InChI=1S/C17H20N2O2/c1-18-19-13-15-9-6-10-16(20-2)17(15)21-12-11-14-7-4-3-5-8-14/h3-10,13,18H,11-12H2,1-2H3/b19-13+. The first kappa shape index (κ1) is 14.9. The molecular formula is C17H20N2O2. The molecule has 0 heterocycles. The first-order valence-electron chi connectivity index (χ1n) is 6.88. The Morgan fingerprint density at radius 2 is 1.90 bits per heavy atom. The summed E-state index contributed by atoms with van der Waals surface area (Å²) in [5, 5.41) is 4.03. The molecule has 4 heteroatoms. The SMILES string of the molecule is CN/N=C/c1cccc(OC)c1OCCc1ccccc1. The van der Waals surface area contributed by atoms with Gasteiger partial charge in [0.1, 0.15) is 0 Å². The van der Waals surface area contributed by atoms with E-state index in [0.29, 0.717) is 12.4 Å². The summed E-state index contributed by atoms with van der Waals surface area (Å²) in [6.45, 7) is 0.588. The number of hydrogen-bond donors (Lipinski definition) is 1. The molecule has 2 rings (SSSR count). The van der Waals surface area contributed by atoms with E-state index in [1.807, 2.05) is 36.4 Å². The molecule has 0 bridgehead atoms. The van der Waals surface area contributed by atoms with E-state index in [9.17, 15) is 0 Å². The lowest BCUT2D eigenvalue weighted by atomic mass is 10.1. The Morgan fingerprint density at radius 3 is 2.62 bits per heavy atom. The van der Waals surface area contributed by atoms with Crippen molar-refractivity contribution in [2.45, 2.75) is 6.42 Å². The lowest BCUT2D eigenvalue weighted by Gasteiger charge is -2.13. The van der Waals surface area contributed by atoms with Crippen LogP contribution in [0.3, 0.4) is 0 Å². The van der Waals surface area contributed by atoms with E-state index >= 15 is 0 Å². The maximum Gasteiger partial charge on any atom is 0.169 e. The van der Waals surface area contributed by atoms with Crippen molar-refractivity contribution >= 4 is 6.21 Å². The highest BCUT2D eigenvalue weighted by atomic mass is 16.5. The number of nitrogens with zero attached hydrogens (tertiary/aromatic N) is 1. The molecule has 0 saturated carbocycles. The van der Waals surface area contributed by atoms with Crippen LogP contribution < -0.4 is 14.9 Å². The molecule has 0 amide bonds. The zero-order valence-electron chi connectivity index (χ0n) is 12.4. The fourth-order valence-electron chi connectivity index (χ4n) is 2.00. The molecule has 0 aliphatic carbocycles. The Kier molecular flexibility index (Phi) is 5.64. The molecule has 0 aromatic heterocycles. The summed E-state index contributed by atoms with van der Waals surface area (Å²) in [7, 11) is 3.39. The Morgan fingerprint density at radius 1 is 1.10 bits per heavy atom. The highest BCUT2D eigenvalue weighted by Crippen LogP contribution is 2.30. The predicted octanol–water partition coefficient (Wildman–Crippen LogP) is 2.87. The van der Waals surface area contributed by atoms with Gasteiger partial charge in [0.2, 0.25) is 0 Å². The Hall–Kier alpha value is -2.49. The topological polar surface area (TPSA) is 42.9 Å². The zero-order valence-corrected chi connectivity index (χ0v) is 12.4. The predicted molar refractivity (Wildman–Crippen MR) is 85.3 cm³/mol. The number of rotatable bonds is 7. The first-order chi connectivity index (χ1) is 10.3. The van der Waals surface area contributed by atoms with Crippen LogP contribution in [0.1, 0.15) is 11.1 Å². The monoisotopic (exact) mass is 284 g/mol. The largest absolute Gasteiger partial charge is 0.493 e. The van der Waals surface area contributed by atoms with Gasteiger partial charge in [-0.3, -0.25) is 0 Å². The third-order valence-electron chi connectivity index (χ3n) is 3.04. The first-order valence-corrected chi connectivity index (χ1v) is 6.88. The van der Waals surface area contributed by atoms with Crippen LogP contribution in [0.15, 0.2) is 53.6 Å². The third kappa shape index (κ3) is 4.24. The van der Waals surface area contributed by atoms with Crippen molar-refractivity contribution in [3.63, 3.8) is 0 Å². The van der Waals surface area contributed by atoms with Crippen molar-refractivity contribution in [1.29, 1.82) is 0 Å². The molecule has 110 valence electrons. The van der Waals surface area contributed by atoms with E-state index in [0.717, 1.165) is 17.7 Å². The van der Waals surface area contributed by atoms with Gasteiger partial charge in [0.15, 0.2) is 11.5 Å². The minimum atomic E-state index is 0.588. The van der Waals surface area contributed by atoms with Gasteiger partial charge in [-0.2, -0.15) is 5.10 Å². The molecule has 0 radical (unpaired) electrons. The van der Waals surface area contributed by atoms with Gasteiger partial charge in [0.05, 0.1) is 19.9 Å². The van der Waals surface area contributed by atoms with E-state index in [4.69, 9.17) is 9.47 Å². The van der Waals surface area contributed by atoms with Gasteiger partial charge < -0.3 is 14.9 Å². The maximum absolute atomic E-state index is 5.92. The van der Waals surface area contributed by atoms with Crippen LogP contribution in [0.2, 0.25) is 0 Å². The zero-order chi connectivity index (χ0) is 14.9. The molecular weight excluding hydrogens is 264 g/mol. The van der Waals surface area contributed by atoms with E-state index < -0.39 is 0 Å². The summed E-state index contributed by atoms with van der Waals surface area (Å²) < 4.78 is 11.3. The van der Waals surface area contributed by atoms with E-state index in [1.165, 1.54) is 5.56 Å². The molecule has 0 spiro atoms. The fourth-order valence-corrected chi connectivity index (χ4v) is 2.00.